The Kier molecular flexibility index (Phi) is 4.45. The summed E-state index contributed by atoms with van der Waals surface area (Å²) in [6, 6.07) is 12.6. The zero-order valence-corrected chi connectivity index (χ0v) is 15.4. The molecule has 0 fully saturated rings. The van der Waals surface area contributed by atoms with Gasteiger partial charge in [0.25, 0.3) is 0 Å². The highest BCUT2D eigenvalue weighted by Gasteiger charge is 2.30. The summed E-state index contributed by atoms with van der Waals surface area (Å²) in [5, 5.41) is 5.56. The summed E-state index contributed by atoms with van der Waals surface area (Å²) in [5.74, 6) is 0.114. The van der Waals surface area contributed by atoms with Gasteiger partial charge >= 0.3 is 0 Å². The van der Waals surface area contributed by atoms with Gasteiger partial charge in [-0.3, -0.25) is 4.79 Å². The number of hydrogen-bond acceptors (Lipinski definition) is 3. The number of benzene rings is 1. The molecule has 2 heterocycles. The monoisotopic (exact) mass is 348 g/mol. The van der Waals surface area contributed by atoms with Gasteiger partial charge in [-0.1, -0.05) is 31.2 Å². The highest BCUT2D eigenvalue weighted by molar-refractivity contribution is 5.81. The van der Waals surface area contributed by atoms with Crippen LogP contribution < -0.4 is 0 Å². The Bertz CT molecular complexity index is 946. The molecule has 5 nitrogen and oxygen atoms in total. The van der Waals surface area contributed by atoms with Gasteiger partial charge in [-0.05, 0) is 49.4 Å². The van der Waals surface area contributed by atoms with Gasteiger partial charge < -0.3 is 4.90 Å². The van der Waals surface area contributed by atoms with Gasteiger partial charge in [-0.15, -0.1) is 0 Å². The second-order valence-electron chi connectivity index (χ2n) is 6.96. The van der Waals surface area contributed by atoms with Crippen LogP contribution in [0.4, 0.5) is 0 Å². The van der Waals surface area contributed by atoms with Crippen molar-refractivity contribution in [2.45, 2.75) is 45.7 Å². The second kappa shape index (κ2) is 6.90. The van der Waals surface area contributed by atoms with Crippen LogP contribution in [0.3, 0.4) is 0 Å². The van der Waals surface area contributed by atoms with Crippen molar-refractivity contribution in [3.05, 3.63) is 59.4 Å². The molecule has 1 unspecified atom stereocenters. The van der Waals surface area contributed by atoms with Gasteiger partial charge in [0.2, 0.25) is 5.91 Å². The molecular weight excluding hydrogens is 324 g/mol. The third kappa shape index (κ3) is 2.87. The molecule has 0 aliphatic heterocycles. The van der Waals surface area contributed by atoms with E-state index >= 15 is 0 Å². The fourth-order valence-corrected chi connectivity index (χ4v) is 4.05. The Hall–Kier alpha value is -2.69. The van der Waals surface area contributed by atoms with E-state index in [2.05, 4.69) is 41.3 Å². The molecule has 1 atom stereocenters. The van der Waals surface area contributed by atoms with Crippen LogP contribution in [0.1, 0.15) is 42.6 Å². The van der Waals surface area contributed by atoms with E-state index in [0.717, 1.165) is 42.5 Å². The van der Waals surface area contributed by atoms with E-state index in [9.17, 15) is 4.79 Å². The molecular formula is C21H24N4O. The number of carbonyl (C=O) groups excluding carboxylic acids is 1. The molecule has 3 aromatic rings. The van der Waals surface area contributed by atoms with Crippen molar-refractivity contribution in [1.29, 1.82) is 0 Å². The van der Waals surface area contributed by atoms with Crippen LogP contribution in [-0.4, -0.2) is 32.1 Å². The average molecular weight is 348 g/mol. The Morgan fingerprint density at radius 2 is 2.12 bits per heavy atom. The molecule has 26 heavy (non-hydrogen) atoms. The number of aromatic nitrogens is 3. The molecule has 1 aromatic carbocycles. The lowest BCUT2D eigenvalue weighted by Gasteiger charge is -2.29. The first-order valence-corrected chi connectivity index (χ1v) is 9.34. The van der Waals surface area contributed by atoms with Crippen LogP contribution in [-0.2, 0) is 17.8 Å². The van der Waals surface area contributed by atoms with Crippen molar-refractivity contribution in [2.24, 2.45) is 0 Å². The van der Waals surface area contributed by atoms with Crippen molar-refractivity contribution in [3.8, 4) is 0 Å². The molecule has 0 radical (unpaired) electrons. The number of carbonyl (C=O) groups is 1. The molecule has 0 saturated carbocycles. The molecule has 0 spiro atoms. The maximum Gasteiger partial charge on any atom is 0.244 e. The van der Waals surface area contributed by atoms with Gasteiger partial charge in [0, 0.05) is 18.1 Å². The molecule has 134 valence electrons. The number of pyridine rings is 1. The van der Waals surface area contributed by atoms with Crippen LogP contribution in [0.2, 0.25) is 0 Å². The average Bonchev–Trinajstić information content (AvgIpc) is 3.22. The summed E-state index contributed by atoms with van der Waals surface area (Å²) >= 11 is 0. The van der Waals surface area contributed by atoms with Gasteiger partial charge in [0.15, 0.2) is 5.65 Å². The quantitative estimate of drug-likeness (QED) is 0.707. The summed E-state index contributed by atoms with van der Waals surface area (Å²) in [7, 11) is 0. The van der Waals surface area contributed by atoms with E-state index < -0.39 is 0 Å². The summed E-state index contributed by atoms with van der Waals surface area (Å²) < 4.78 is 1.75. The van der Waals surface area contributed by atoms with E-state index in [-0.39, 0.29) is 18.5 Å². The first kappa shape index (κ1) is 16.8. The largest absolute Gasteiger partial charge is 0.334 e. The number of nitrogens with zero attached hydrogens (tertiary/aromatic N) is 4. The molecule has 0 saturated heterocycles. The molecule has 4 rings (SSSR count). The lowest BCUT2D eigenvalue weighted by Crippen LogP contribution is -2.37. The van der Waals surface area contributed by atoms with E-state index in [1.54, 1.807) is 10.9 Å². The lowest BCUT2D eigenvalue weighted by atomic mass is 10.1. The predicted octanol–water partition coefficient (Wildman–Crippen LogP) is 3.67. The first-order chi connectivity index (χ1) is 12.7. The fraction of sp³-hybridized carbons (Fsp3) is 0.381. The van der Waals surface area contributed by atoms with Crippen LogP contribution in [0, 0.1) is 6.92 Å². The summed E-state index contributed by atoms with van der Waals surface area (Å²) in [4.78, 5) is 19.7. The normalized spacial score (nSPS) is 16.0. The van der Waals surface area contributed by atoms with Gasteiger partial charge in [-0.2, -0.15) is 5.10 Å². The minimum atomic E-state index is 0.114. The smallest absolute Gasteiger partial charge is 0.244 e. The number of fused-ring (bicyclic) bond motifs is 2. The minimum absolute atomic E-state index is 0.114. The Morgan fingerprint density at radius 3 is 2.96 bits per heavy atom. The topological polar surface area (TPSA) is 51.0 Å². The lowest BCUT2D eigenvalue weighted by molar-refractivity contribution is -0.134. The zero-order chi connectivity index (χ0) is 18.1. The molecule has 5 heteroatoms. The standard InChI is InChI=1S/C21H24N4O/c1-3-13-24(19-11-10-16-7-4-5-8-18(16)19)20(26)14-25-21-17(15(2)23-25)9-6-12-22-21/h4-9,12,19H,3,10-11,13-14H2,1-2H3. The first-order valence-electron chi connectivity index (χ1n) is 9.34. The Morgan fingerprint density at radius 1 is 1.27 bits per heavy atom. The SMILES string of the molecule is CCCN(C(=O)Cn1nc(C)c2cccnc21)C1CCc2ccccc21. The number of aryl methyl sites for hydroxylation is 2. The van der Waals surface area contributed by atoms with Crippen LogP contribution in [0.15, 0.2) is 42.6 Å². The van der Waals surface area contributed by atoms with Crippen molar-refractivity contribution in [1.82, 2.24) is 19.7 Å². The van der Waals surface area contributed by atoms with E-state index in [4.69, 9.17) is 0 Å². The van der Waals surface area contributed by atoms with E-state index in [1.807, 2.05) is 24.0 Å². The Balaban J connectivity index is 1.62. The number of amides is 1. The third-order valence-corrected chi connectivity index (χ3v) is 5.24. The maximum atomic E-state index is 13.2. The summed E-state index contributed by atoms with van der Waals surface area (Å²) in [5.41, 5.74) is 4.36. The van der Waals surface area contributed by atoms with Gasteiger partial charge in [0.05, 0.1) is 11.7 Å². The summed E-state index contributed by atoms with van der Waals surface area (Å²) in [6.45, 7) is 5.08. The van der Waals surface area contributed by atoms with Gasteiger partial charge in [0.1, 0.15) is 6.54 Å². The molecule has 0 N–H and O–H groups in total. The van der Waals surface area contributed by atoms with Crippen molar-refractivity contribution in [2.75, 3.05) is 6.54 Å². The van der Waals surface area contributed by atoms with Crippen LogP contribution >= 0.6 is 0 Å². The number of hydrogen-bond donors (Lipinski definition) is 0. The molecule has 0 bridgehead atoms. The minimum Gasteiger partial charge on any atom is -0.334 e. The second-order valence-corrected chi connectivity index (χ2v) is 6.96. The zero-order valence-electron chi connectivity index (χ0n) is 15.4. The highest BCUT2D eigenvalue weighted by Crippen LogP contribution is 2.36. The van der Waals surface area contributed by atoms with Crippen molar-refractivity contribution in [3.63, 3.8) is 0 Å². The number of rotatable bonds is 5. The van der Waals surface area contributed by atoms with Crippen LogP contribution in [0.25, 0.3) is 11.0 Å². The van der Waals surface area contributed by atoms with E-state index in [1.165, 1.54) is 11.1 Å². The maximum absolute atomic E-state index is 13.2. The highest BCUT2D eigenvalue weighted by atomic mass is 16.2. The van der Waals surface area contributed by atoms with Crippen LogP contribution in [0.5, 0.6) is 0 Å². The molecule has 1 amide bonds. The third-order valence-electron chi connectivity index (χ3n) is 5.24. The predicted molar refractivity (Wildman–Crippen MR) is 102 cm³/mol. The van der Waals surface area contributed by atoms with Gasteiger partial charge in [-0.25, -0.2) is 9.67 Å². The fourth-order valence-electron chi connectivity index (χ4n) is 4.05. The molecule has 1 aliphatic rings. The Labute approximate surface area is 153 Å². The molecule has 1 aliphatic carbocycles. The van der Waals surface area contributed by atoms with E-state index in [0.29, 0.717) is 0 Å². The van der Waals surface area contributed by atoms with Crippen molar-refractivity contribution >= 4 is 16.9 Å². The summed E-state index contributed by atoms with van der Waals surface area (Å²) in [6.07, 6.45) is 4.74. The molecule has 2 aromatic heterocycles. The van der Waals surface area contributed by atoms with Crippen molar-refractivity contribution < 1.29 is 4.79 Å².